The molecular weight excluding hydrogens is 566 g/mol. The SMILES string of the molecule is CCC(=O)OC(C)CN(CCCN(CCCCN(CC(C)OC(=O)CC)CC(C)OC(=O)CC)CC(C)OC)CC(C)OC. The maximum Gasteiger partial charge on any atom is 0.305 e. The van der Waals surface area contributed by atoms with Crippen molar-refractivity contribution in [2.75, 3.05) is 73.1 Å². The number of ether oxygens (including phenoxy) is 5. The van der Waals surface area contributed by atoms with Crippen LogP contribution >= 0.6 is 0 Å². The molecule has 0 spiro atoms. The van der Waals surface area contributed by atoms with Gasteiger partial charge in [-0.15, -0.1) is 0 Å². The smallest absolute Gasteiger partial charge is 0.305 e. The first-order valence-electron chi connectivity index (χ1n) is 16.7. The summed E-state index contributed by atoms with van der Waals surface area (Å²) >= 11 is 0. The van der Waals surface area contributed by atoms with Crippen molar-refractivity contribution in [3.63, 3.8) is 0 Å². The molecule has 0 amide bonds. The molecule has 0 N–H and O–H groups in total. The van der Waals surface area contributed by atoms with Crippen molar-refractivity contribution in [3.8, 4) is 0 Å². The van der Waals surface area contributed by atoms with E-state index in [2.05, 4.69) is 28.5 Å². The van der Waals surface area contributed by atoms with Gasteiger partial charge in [-0.1, -0.05) is 20.8 Å². The molecule has 0 rings (SSSR count). The lowest BCUT2D eigenvalue weighted by Crippen LogP contribution is -2.41. The molecule has 0 aromatic carbocycles. The van der Waals surface area contributed by atoms with Crippen LogP contribution in [0.25, 0.3) is 0 Å². The first kappa shape index (κ1) is 42.2. The van der Waals surface area contributed by atoms with Gasteiger partial charge in [0.1, 0.15) is 18.3 Å². The zero-order chi connectivity index (χ0) is 33.5. The zero-order valence-corrected chi connectivity index (χ0v) is 29.6. The molecule has 0 saturated heterocycles. The first-order valence-corrected chi connectivity index (χ1v) is 16.7. The predicted octanol–water partition coefficient (Wildman–Crippen LogP) is 4.16. The van der Waals surface area contributed by atoms with Crippen molar-refractivity contribution in [1.29, 1.82) is 0 Å². The van der Waals surface area contributed by atoms with Gasteiger partial charge in [-0.25, -0.2) is 0 Å². The minimum absolute atomic E-state index is 0.0815. The van der Waals surface area contributed by atoms with Crippen LogP contribution in [0.4, 0.5) is 0 Å². The van der Waals surface area contributed by atoms with Crippen LogP contribution in [-0.2, 0) is 38.1 Å². The van der Waals surface area contributed by atoms with E-state index in [1.165, 1.54) is 0 Å². The van der Waals surface area contributed by atoms with Crippen LogP contribution in [0.3, 0.4) is 0 Å². The van der Waals surface area contributed by atoms with Crippen LogP contribution in [0, 0.1) is 0 Å². The molecule has 0 saturated carbocycles. The van der Waals surface area contributed by atoms with Gasteiger partial charge in [0.2, 0.25) is 0 Å². The number of carbonyl (C=O) groups is 3. The Morgan fingerprint density at radius 1 is 0.455 bits per heavy atom. The second-order valence-electron chi connectivity index (χ2n) is 11.9. The summed E-state index contributed by atoms with van der Waals surface area (Å²) in [6.45, 7) is 22.3. The highest BCUT2D eigenvalue weighted by Crippen LogP contribution is 2.09. The first-order chi connectivity index (χ1) is 20.9. The number of rotatable bonds is 27. The number of carbonyl (C=O) groups excluding carboxylic acids is 3. The van der Waals surface area contributed by atoms with Crippen molar-refractivity contribution >= 4 is 17.9 Å². The molecule has 0 aliphatic heterocycles. The topological polar surface area (TPSA) is 107 Å². The molecule has 0 fully saturated rings. The van der Waals surface area contributed by atoms with Gasteiger partial charge >= 0.3 is 17.9 Å². The molecule has 0 aromatic rings. The molecule has 11 heteroatoms. The van der Waals surface area contributed by atoms with E-state index in [-0.39, 0.29) is 48.4 Å². The quantitative estimate of drug-likeness (QED) is 0.0741. The minimum atomic E-state index is -0.243. The molecule has 0 aliphatic rings. The van der Waals surface area contributed by atoms with E-state index >= 15 is 0 Å². The van der Waals surface area contributed by atoms with Gasteiger partial charge in [-0.3, -0.25) is 24.2 Å². The second kappa shape index (κ2) is 25.4. The van der Waals surface area contributed by atoms with Gasteiger partial charge in [0.15, 0.2) is 0 Å². The average Bonchev–Trinajstić information content (AvgIpc) is 2.97. The summed E-state index contributed by atoms with van der Waals surface area (Å²) in [6, 6.07) is 0. The van der Waals surface area contributed by atoms with E-state index in [4.69, 9.17) is 23.7 Å². The van der Waals surface area contributed by atoms with Gasteiger partial charge in [-0.05, 0) is 80.1 Å². The summed E-state index contributed by atoms with van der Waals surface area (Å²) < 4.78 is 27.6. The summed E-state index contributed by atoms with van der Waals surface area (Å²) in [5.74, 6) is -0.599. The van der Waals surface area contributed by atoms with Crippen molar-refractivity contribution in [1.82, 2.24) is 14.7 Å². The second-order valence-corrected chi connectivity index (χ2v) is 11.9. The van der Waals surface area contributed by atoms with Gasteiger partial charge in [0, 0.05) is 66.2 Å². The zero-order valence-electron chi connectivity index (χ0n) is 29.6. The van der Waals surface area contributed by atoms with E-state index in [0.717, 1.165) is 58.5 Å². The third-order valence-corrected chi connectivity index (χ3v) is 7.39. The number of nitrogens with zero attached hydrogens (tertiary/aromatic N) is 3. The molecule has 5 unspecified atom stereocenters. The van der Waals surface area contributed by atoms with E-state index in [0.29, 0.717) is 38.9 Å². The van der Waals surface area contributed by atoms with Crippen LogP contribution < -0.4 is 0 Å². The van der Waals surface area contributed by atoms with Gasteiger partial charge in [0.05, 0.1) is 12.2 Å². The minimum Gasteiger partial charge on any atom is -0.461 e. The summed E-state index contributed by atoms with van der Waals surface area (Å²) in [5, 5.41) is 0. The fourth-order valence-corrected chi connectivity index (χ4v) is 5.00. The molecule has 0 aliphatic carbocycles. The summed E-state index contributed by atoms with van der Waals surface area (Å²) in [5.41, 5.74) is 0. The highest BCUT2D eigenvalue weighted by atomic mass is 16.6. The molecule has 260 valence electrons. The maximum absolute atomic E-state index is 11.8. The summed E-state index contributed by atoms with van der Waals surface area (Å²) in [6.07, 6.45) is 3.52. The Bertz CT molecular complexity index is 745. The lowest BCUT2D eigenvalue weighted by atomic mass is 10.2. The Morgan fingerprint density at radius 2 is 0.727 bits per heavy atom. The Labute approximate surface area is 268 Å². The lowest BCUT2D eigenvalue weighted by molar-refractivity contribution is -0.150. The van der Waals surface area contributed by atoms with E-state index in [9.17, 15) is 14.4 Å². The van der Waals surface area contributed by atoms with E-state index < -0.39 is 0 Å². The Balaban J connectivity index is 5.14. The average molecular weight is 632 g/mol. The van der Waals surface area contributed by atoms with Crippen LogP contribution in [0.2, 0.25) is 0 Å². The third-order valence-electron chi connectivity index (χ3n) is 7.39. The van der Waals surface area contributed by atoms with Crippen molar-refractivity contribution in [2.24, 2.45) is 0 Å². The normalized spacial score (nSPS) is 15.2. The number of esters is 3. The van der Waals surface area contributed by atoms with Crippen LogP contribution in [-0.4, -0.2) is 136 Å². The fraction of sp³-hybridized carbons (Fsp3) is 0.909. The number of unbranched alkanes of at least 4 members (excludes halogenated alkanes) is 1. The fourth-order valence-electron chi connectivity index (χ4n) is 5.00. The Kier molecular flexibility index (Phi) is 24.4. The molecule has 0 heterocycles. The molecule has 0 radical (unpaired) electrons. The highest BCUT2D eigenvalue weighted by molar-refractivity contribution is 5.69. The number of methoxy groups -OCH3 is 2. The molecule has 0 bridgehead atoms. The van der Waals surface area contributed by atoms with Crippen LogP contribution in [0.1, 0.15) is 93.9 Å². The van der Waals surface area contributed by atoms with E-state index in [1.54, 1.807) is 28.1 Å². The predicted molar refractivity (Wildman–Crippen MR) is 174 cm³/mol. The molecule has 44 heavy (non-hydrogen) atoms. The van der Waals surface area contributed by atoms with E-state index in [1.807, 2.05) is 27.7 Å². The van der Waals surface area contributed by atoms with Crippen LogP contribution in [0.15, 0.2) is 0 Å². The molecule has 0 aromatic heterocycles. The van der Waals surface area contributed by atoms with Gasteiger partial charge in [0.25, 0.3) is 0 Å². The monoisotopic (exact) mass is 631 g/mol. The molecular formula is C33H65N3O8. The molecule has 11 nitrogen and oxygen atoms in total. The Morgan fingerprint density at radius 3 is 1.07 bits per heavy atom. The highest BCUT2D eigenvalue weighted by Gasteiger charge is 2.19. The number of hydrogen-bond donors (Lipinski definition) is 0. The third kappa shape index (κ3) is 21.8. The molecule has 5 atom stereocenters. The largest absolute Gasteiger partial charge is 0.461 e. The van der Waals surface area contributed by atoms with Crippen LogP contribution in [0.5, 0.6) is 0 Å². The van der Waals surface area contributed by atoms with Crippen molar-refractivity contribution in [3.05, 3.63) is 0 Å². The van der Waals surface area contributed by atoms with Crippen molar-refractivity contribution < 1.29 is 38.1 Å². The Hall–Kier alpha value is -1.79. The van der Waals surface area contributed by atoms with Crippen molar-refractivity contribution in [2.45, 2.75) is 124 Å². The van der Waals surface area contributed by atoms with Gasteiger partial charge in [-0.2, -0.15) is 0 Å². The standard InChI is InChI=1S/C33H65N3O8/c1-11-31(37)42-28(6)23-35(24-29(7)43-32(38)12-2)18-15-14-17-34(21-26(4)40-9)19-16-20-36(22-27(5)41-10)25-30(8)44-33(39)13-3/h26-30H,11-25H2,1-10H3. The summed E-state index contributed by atoms with van der Waals surface area (Å²) in [7, 11) is 3.46. The maximum atomic E-state index is 11.8. The number of hydrogen-bond acceptors (Lipinski definition) is 11. The lowest BCUT2D eigenvalue weighted by Gasteiger charge is -2.30. The van der Waals surface area contributed by atoms with Gasteiger partial charge < -0.3 is 28.6 Å². The summed E-state index contributed by atoms with van der Waals surface area (Å²) in [4.78, 5) is 42.4.